The molecule has 0 aliphatic rings. The number of aromatic amines is 1. The summed E-state index contributed by atoms with van der Waals surface area (Å²) in [7, 11) is 0. The minimum absolute atomic E-state index is 0.270. The molecular weight excluding hydrogens is 361 g/mol. The smallest absolute Gasteiger partial charge is 0.338 e. The molecule has 0 amide bonds. The molecule has 2 aromatic carbocycles. The molecule has 7 heteroatoms. The van der Waals surface area contributed by atoms with Crippen molar-refractivity contribution >= 4 is 17.4 Å². The summed E-state index contributed by atoms with van der Waals surface area (Å²) in [5.74, 6) is -0.761. The number of H-pyrrole nitrogens is 1. The van der Waals surface area contributed by atoms with E-state index >= 15 is 0 Å². The van der Waals surface area contributed by atoms with E-state index in [4.69, 9.17) is 4.74 Å². The predicted octanol–water partition coefficient (Wildman–Crippen LogP) is 3.93. The molecule has 0 saturated heterocycles. The van der Waals surface area contributed by atoms with Gasteiger partial charge in [0.1, 0.15) is 5.82 Å². The number of aromatic nitrogens is 2. The fourth-order valence-corrected chi connectivity index (χ4v) is 2.88. The molecule has 0 fully saturated rings. The first kappa shape index (κ1) is 19.3. The van der Waals surface area contributed by atoms with Gasteiger partial charge in [-0.3, -0.25) is 14.9 Å². The molecule has 1 aromatic heterocycles. The number of esters is 1. The molecule has 28 heavy (non-hydrogen) atoms. The van der Waals surface area contributed by atoms with Crippen molar-refractivity contribution in [1.82, 2.24) is 9.78 Å². The van der Waals surface area contributed by atoms with Gasteiger partial charge in [0, 0.05) is 5.69 Å². The quantitative estimate of drug-likeness (QED) is 0.537. The third-order valence-corrected chi connectivity index (χ3v) is 4.19. The second-order valence-electron chi connectivity index (χ2n) is 6.19. The summed E-state index contributed by atoms with van der Waals surface area (Å²) in [6.45, 7) is 5.58. The maximum absolute atomic E-state index is 13.1. The van der Waals surface area contributed by atoms with Crippen LogP contribution in [0, 0.1) is 12.7 Å². The highest BCUT2D eigenvalue weighted by Crippen LogP contribution is 2.17. The summed E-state index contributed by atoms with van der Waals surface area (Å²) < 4.78 is 19.4. The van der Waals surface area contributed by atoms with Crippen LogP contribution in [-0.4, -0.2) is 28.1 Å². The van der Waals surface area contributed by atoms with E-state index in [1.54, 1.807) is 45.0 Å². The number of nitrogens with zero attached hydrogens (tertiary/aromatic N) is 2. The number of aliphatic imine (C=N–C) groups is 1. The molecule has 0 aliphatic heterocycles. The van der Waals surface area contributed by atoms with Gasteiger partial charge in [-0.15, -0.1) is 0 Å². The maximum atomic E-state index is 13.1. The Morgan fingerprint density at radius 2 is 1.79 bits per heavy atom. The third-order valence-electron chi connectivity index (χ3n) is 4.19. The molecule has 3 rings (SSSR count). The number of carbonyl (C=O) groups excluding carboxylic acids is 1. The molecule has 0 aliphatic carbocycles. The molecule has 0 saturated carbocycles. The van der Waals surface area contributed by atoms with Crippen LogP contribution in [0.3, 0.4) is 0 Å². The second kappa shape index (κ2) is 8.04. The minimum atomic E-state index is -0.390. The van der Waals surface area contributed by atoms with Gasteiger partial charge >= 0.3 is 5.97 Å². The third kappa shape index (κ3) is 3.93. The molecule has 0 atom stereocenters. The Morgan fingerprint density at radius 3 is 2.39 bits per heavy atom. The van der Waals surface area contributed by atoms with Crippen LogP contribution in [0.15, 0.2) is 58.3 Å². The molecule has 1 N–H and O–H groups in total. The lowest BCUT2D eigenvalue weighted by Gasteiger charge is -2.03. The summed E-state index contributed by atoms with van der Waals surface area (Å²) >= 11 is 0. The van der Waals surface area contributed by atoms with E-state index in [1.165, 1.54) is 28.9 Å². The number of nitrogens with one attached hydrogen (secondary N) is 1. The Bertz CT molecular complexity index is 1080. The first-order valence-electron chi connectivity index (χ1n) is 8.81. The fraction of sp³-hybridized carbons (Fsp3) is 0.190. The van der Waals surface area contributed by atoms with Gasteiger partial charge in [0.2, 0.25) is 0 Å². The molecule has 0 spiro atoms. The van der Waals surface area contributed by atoms with Crippen molar-refractivity contribution in [1.29, 1.82) is 0 Å². The standard InChI is InChI=1S/C21H20FN3O3/c1-4-28-21(27)15-5-9-17(10-6-15)23-13(2)19-14(3)24-25(20(19)26)18-11-7-16(22)8-12-18/h5-12,24H,4H2,1-3H3. The number of hydrogen-bond donors (Lipinski definition) is 1. The minimum Gasteiger partial charge on any atom is -0.462 e. The zero-order valence-electron chi connectivity index (χ0n) is 15.8. The van der Waals surface area contributed by atoms with Gasteiger partial charge < -0.3 is 4.74 Å². The number of benzene rings is 2. The van der Waals surface area contributed by atoms with Crippen molar-refractivity contribution in [3.63, 3.8) is 0 Å². The van der Waals surface area contributed by atoms with E-state index in [0.717, 1.165) is 0 Å². The van der Waals surface area contributed by atoms with Crippen LogP contribution in [0.25, 0.3) is 5.69 Å². The highest BCUT2D eigenvalue weighted by Gasteiger charge is 2.15. The van der Waals surface area contributed by atoms with Crippen LogP contribution in [0.1, 0.15) is 35.5 Å². The highest BCUT2D eigenvalue weighted by atomic mass is 19.1. The number of carbonyl (C=O) groups is 1. The number of rotatable bonds is 5. The van der Waals surface area contributed by atoms with Crippen LogP contribution in [0.4, 0.5) is 10.1 Å². The van der Waals surface area contributed by atoms with Crippen LogP contribution >= 0.6 is 0 Å². The lowest BCUT2D eigenvalue weighted by molar-refractivity contribution is 0.0526. The van der Waals surface area contributed by atoms with Crippen molar-refractivity contribution in [2.75, 3.05) is 6.61 Å². The Balaban J connectivity index is 1.92. The van der Waals surface area contributed by atoms with Crippen LogP contribution in [0.5, 0.6) is 0 Å². The lowest BCUT2D eigenvalue weighted by atomic mass is 10.1. The largest absolute Gasteiger partial charge is 0.462 e. The van der Waals surface area contributed by atoms with E-state index in [2.05, 4.69) is 10.1 Å². The molecule has 6 nitrogen and oxygen atoms in total. The van der Waals surface area contributed by atoms with Gasteiger partial charge in [-0.2, -0.15) is 0 Å². The summed E-state index contributed by atoms with van der Waals surface area (Å²) in [5, 5.41) is 2.99. The monoisotopic (exact) mass is 381 g/mol. The molecule has 0 radical (unpaired) electrons. The molecule has 0 bridgehead atoms. The van der Waals surface area contributed by atoms with Crippen molar-refractivity contribution < 1.29 is 13.9 Å². The van der Waals surface area contributed by atoms with Gasteiger partial charge in [-0.25, -0.2) is 13.9 Å². The van der Waals surface area contributed by atoms with Crippen molar-refractivity contribution in [3.8, 4) is 5.69 Å². The van der Waals surface area contributed by atoms with E-state index in [9.17, 15) is 14.0 Å². The van der Waals surface area contributed by atoms with Crippen LogP contribution in [0.2, 0.25) is 0 Å². The lowest BCUT2D eigenvalue weighted by Crippen LogP contribution is -2.19. The first-order chi connectivity index (χ1) is 13.4. The summed E-state index contributed by atoms with van der Waals surface area (Å²) in [5.41, 5.74) is 2.94. The van der Waals surface area contributed by atoms with E-state index in [-0.39, 0.29) is 11.4 Å². The highest BCUT2D eigenvalue weighted by molar-refractivity contribution is 6.01. The zero-order chi connectivity index (χ0) is 20.3. The SMILES string of the molecule is CCOC(=O)c1ccc(N=C(C)c2c(C)[nH]n(-c3ccc(F)cc3)c2=O)cc1. The topological polar surface area (TPSA) is 76.4 Å². The number of halogens is 1. The number of ether oxygens (including phenoxy) is 1. The summed E-state index contributed by atoms with van der Waals surface area (Å²) in [4.78, 5) is 29.0. The van der Waals surface area contributed by atoms with Crippen LogP contribution in [-0.2, 0) is 4.74 Å². The normalized spacial score (nSPS) is 11.5. The van der Waals surface area contributed by atoms with E-state index in [1.807, 2.05) is 0 Å². The van der Waals surface area contributed by atoms with Crippen molar-refractivity contribution in [3.05, 3.63) is 81.5 Å². The fourth-order valence-electron chi connectivity index (χ4n) is 2.88. The Morgan fingerprint density at radius 1 is 1.14 bits per heavy atom. The average Bonchev–Trinajstić information content (AvgIpc) is 2.97. The van der Waals surface area contributed by atoms with E-state index in [0.29, 0.717) is 40.5 Å². The number of hydrogen-bond acceptors (Lipinski definition) is 4. The van der Waals surface area contributed by atoms with Crippen molar-refractivity contribution in [2.45, 2.75) is 20.8 Å². The van der Waals surface area contributed by atoms with Gasteiger partial charge in [0.25, 0.3) is 5.56 Å². The van der Waals surface area contributed by atoms with Gasteiger partial charge in [-0.1, -0.05) is 0 Å². The number of aryl methyl sites for hydroxylation is 1. The summed E-state index contributed by atoms with van der Waals surface area (Å²) in [6, 6.07) is 12.3. The van der Waals surface area contributed by atoms with Crippen molar-refractivity contribution in [2.24, 2.45) is 4.99 Å². The molecule has 1 heterocycles. The van der Waals surface area contributed by atoms with E-state index < -0.39 is 5.97 Å². The predicted molar refractivity (Wildman–Crippen MR) is 105 cm³/mol. The van der Waals surface area contributed by atoms with Crippen LogP contribution < -0.4 is 5.56 Å². The molecule has 144 valence electrons. The van der Waals surface area contributed by atoms with Gasteiger partial charge in [-0.05, 0) is 69.3 Å². The van der Waals surface area contributed by atoms with Gasteiger partial charge in [0.15, 0.2) is 0 Å². The summed E-state index contributed by atoms with van der Waals surface area (Å²) in [6.07, 6.45) is 0. The zero-order valence-corrected chi connectivity index (χ0v) is 15.8. The Labute approximate surface area is 161 Å². The average molecular weight is 381 g/mol. The maximum Gasteiger partial charge on any atom is 0.338 e. The Hall–Kier alpha value is -3.48. The molecular formula is C21H20FN3O3. The molecule has 0 unspecified atom stereocenters. The first-order valence-corrected chi connectivity index (χ1v) is 8.81. The Kier molecular flexibility index (Phi) is 5.54. The molecule has 3 aromatic rings. The van der Waals surface area contributed by atoms with Gasteiger partial charge in [0.05, 0.1) is 34.8 Å². The second-order valence-corrected chi connectivity index (χ2v) is 6.19.